The van der Waals surface area contributed by atoms with E-state index in [1.807, 2.05) is 0 Å². The molecule has 0 amide bonds. The Morgan fingerprint density at radius 2 is 0.647 bits per heavy atom. The first-order valence-electron chi connectivity index (χ1n) is 11.5. The highest BCUT2D eigenvalue weighted by Gasteiger charge is 2.05. The summed E-state index contributed by atoms with van der Waals surface area (Å²) in [6, 6.07) is 0. The molecule has 44 heteroatoms. The zero-order valence-electron chi connectivity index (χ0n) is 24.0. The summed E-state index contributed by atoms with van der Waals surface area (Å²) < 4.78 is 2.85. The Bertz CT molecular complexity index is 1630. The van der Waals surface area contributed by atoms with Crippen LogP contribution in [-0.2, 0) is 29.6 Å². The van der Waals surface area contributed by atoms with Crippen LogP contribution in [0.4, 0.5) is 0 Å². The SMILES string of the molecule is N=N/N=N/N=N/N=N/N=N/N=N/N=N/N=N/N=N\OCc1cn(Cn2cc(CO\N=N/N=N/N=N/N=N/N=N/N=N/N=N/N=N/N=N)nn2)nn1. The summed E-state index contributed by atoms with van der Waals surface area (Å²) in [5, 5.41) is 118. The highest BCUT2D eigenvalue weighted by Crippen LogP contribution is 2.01. The molecule has 0 saturated heterocycles. The lowest BCUT2D eigenvalue weighted by molar-refractivity contribution is 0.105. The molecule has 0 aliphatic heterocycles. The molecular weight excluding hydrogens is 704 g/mol. The molecule has 260 valence electrons. The molecule has 0 saturated carbocycles. The van der Waals surface area contributed by atoms with E-state index < -0.39 is 0 Å². The van der Waals surface area contributed by atoms with Crippen molar-refractivity contribution < 1.29 is 9.68 Å². The lowest BCUT2D eigenvalue weighted by Gasteiger charge is -1.98. The summed E-state index contributed by atoms with van der Waals surface area (Å²) in [6.07, 6.45) is 3.09. The van der Waals surface area contributed by atoms with Crippen LogP contribution in [0.2, 0.25) is 0 Å². The van der Waals surface area contributed by atoms with E-state index in [0.29, 0.717) is 11.4 Å². The van der Waals surface area contributed by atoms with Crippen LogP contribution in [-0.4, -0.2) is 30.0 Å². The van der Waals surface area contributed by atoms with Crippen LogP contribution in [0.1, 0.15) is 11.4 Å². The second-order valence-electron chi connectivity index (χ2n) is 6.23. The van der Waals surface area contributed by atoms with Gasteiger partial charge in [0.15, 0.2) is 13.2 Å². The van der Waals surface area contributed by atoms with Crippen LogP contribution in [0.15, 0.2) is 190 Å². The molecule has 51 heavy (non-hydrogen) atoms. The largest absolute Gasteiger partial charge is 0.371 e. The highest BCUT2D eigenvalue weighted by molar-refractivity contribution is 4.91. The Labute approximate surface area is 272 Å². The molecule has 0 radical (unpaired) electrons. The van der Waals surface area contributed by atoms with Gasteiger partial charge in [-0.05, 0) is 83.6 Å². The van der Waals surface area contributed by atoms with Crippen molar-refractivity contribution in [3.05, 3.63) is 23.8 Å². The monoisotopic (exact) mass is 714 g/mol. The molecule has 0 unspecified atom stereocenters. The molecular formula is C7H10N42O2. The normalized spacial score (nSPS) is 13.8. The van der Waals surface area contributed by atoms with E-state index >= 15 is 0 Å². The van der Waals surface area contributed by atoms with E-state index in [9.17, 15) is 0 Å². The topological polar surface area (TPSA) is 548 Å². The van der Waals surface area contributed by atoms with E-state index in [4.69, 9.17) is 20.7 Å². The summed E-state index contributed by atoms with van der Waals surface area (Å²) in [5.41, 5.74) is 13.3. The van der Waals surface area contributed by atoms with E-state index in [0.717, 1.165) is 0 Å². The fourth-order valence-corrected chi connectivity index (χ4v) is 1.88. The maximum atomic E-state index is 6.28. The van der Waals surface area contributed by atoms with Gasteiger partial charge in [-0.1, -0.05) is 10.4 Å². The first-order chi connectivity index (χ1) is 25.3. The van der Waals surface area contributed by atoms with Gasteiger partial charge in [0.1, 0.15) is 18.1 Å². The van der Waals surface area contributed by atoms with Crippen LogP contribution in [0.5, 0.6) is 0 Å². The van der Waals surface area contributed by atoms with Gasteiger partial charge in [-0.25, -0.2) is 9.36 Å². The van der Waals surface area contributed by atoms with Crippen molar-refractivity contribution in [2.45, 2.75) is 19.9 Å². The lowest BCUT2D eigenvalue weighted by atomic mass is 10.5. The standard InChI is InChI=1S/C7H10N42O2/c8-12-14-16-18-20-22-24-26-28-30-32-34-36-38-40-42-46-50-3-6-1-48(44-10-6)5-49-2-7(11-45-49)4-51-47-43-41-39-37-35-33-31-29-27-25-23-21-19-17-15-13-9/h1-2,8-9H,3-5H2/b12-8?,13-9?,16-14+,17-15+,20-18+,21-19+,24-22+,25-23+,28-26+,29-27+,32-30+,33-31+,36-34+,37-35+,40-38+,41-39+,46-42-,47-43-. The summed E-state index contributed by atoms with van der Waals surface area (Å²) in [7, 11) is 0. The summed E-state index contributed by atoms with van der Waals surface area (Å²) in [5.74, 6) is 0. The van der Waals surface area contributed by atoms with Crippen LogP contribution in [0, 0.1) is 11.1 Å². The van der Waals surface area contributed by atoms with Gasteiger partial charge in [-0.2, -0.15) is 11.1 Å². The Balaban J connectivity index is 1.58. The molecule has 44 nitrogen and oxygen atoms in total. The molecule has 0 aliphatic rings. The molecule has 0 bridgehead atoms. The second-order valence-corrected chi connectivity index (χ2v) is 6.23. The van der Waals surface area contributed by atoms with Crippen LogP contribution >= 0.6 is 0 Å². The van der Waals surface area contributed by atoms with Gasteiger partial charge >= 0.3 is 0 Å². The molecule has 2 aromatic rings. The summed E-state index contributed by atoms with van der Waals surface area (Å²) in [6.45, 7) is -0.0721. The van der Waals surface area contributed by atoms with Gasteiger partial charge in [0.2, 0.25) is 0 Å². The van der Waals surface area contributed by atoms with Gasteiger partial charge in [-0.15, -0.1) is 10.2 Å². The smallest absolute Gasteiger partial charge is 0.164 e. The maximum absolute atomic E-state index is 6.28. The first kappa shape index (κ1) is 37.9. The molecule has 0 fully saturated rings. The van der Waals surface area contributed by atoms with Gasteiger partial charge in [-0.3, -0.25) is 0 Å². The van der Waals surface area contributed by atoms with Gasteiger partial charge in [0.05, 0.1) is 12.4 Å². The molecule has 2 heterocycles. The number of rotatable bonds is 24. The zero-order valence-corrected chi connectivity index (χ0v) is 24.0. The molecule has 2 N–H and O–H groups in total. The third kappa shape index (κ3) is 21.9. The fourth-order valence-electron chi connectivity index (χ4n) is 1.88. The van der Waals surface area contributed by atoms with Gasteiger partial charge in [0, 0.05) is 94.1 Å². The molecule has 0 aromatic carbocycles. The third-order valence-corrected chi connectivity index (χ3v) is 3.28. The van der Waals surface area contributed by atoms with E-state index in [1.165, 1.54) is 9.36 Å². The van der Waals surface area contributed by atoms with E-state index in [1.54, 1.807) is 12.4 Å². The first-order valence-corrected chi connectivity index (χ1v) is 11.5. The van der Waals surface area contributed by atoms with E-state index in [2.05, 4.69) is 198 Å². The molecule has 0 aliphatic carbocycles. The average molecular weight is 714 g/mol. The average Bonchev–Trinajstić information content (AvgIpc) is 3.79. The van der Waals surface area contributed by atoms with Crippen molar-refractivity contribution in [3.63, 3.8) is 0 Å². The Morgan fingerprint density at radius 1 is 0.392 bits per heavy atom. The van der Waals surface area contributed by atoms with Crippen molar-refractivity contribution in [3.8, 4) is 0 Å². The number of hydrogen-bond donors (Lipinski definition) is 2. The van der Waals surface area contributed by atoms with E-state index in [-0.39, 0.29) is 19.9 Å². The Kier molecular flexibility index (Phi) is 20.9. The minimum absolute atomic E-state index is 0.107. The third-order valence-electron chi connectivity index (χ3n) is 3.28. The van der Waals surface area contributed by atoms with Crippen molar-refractivity contribution in [1.82, 2.24) is 30.0 Å². The van der Waals surface area contributed by atoms with Crippen molar-refractivity contribution in [1.29, 1.82) is 11.1 Å². The molecule has 2 rings (SSSR count). The van der Waals surface area contributed by atoms with Crippen LogP contribution in [0.3, 0.4) is 0 Å². The van der Waals surface area contributed by atoms with Crippen LogP contribution in [0.25, 0.3) is 0 Å². The molecule has 0 spiro atoms. The fraction of sp³-hybridized carbons (Fsp3) is 0.429. The van der Waals surface area contributed by atoms with Crippen molar-refractivity contribution in [2.75, 3.05) is 0 Å². The van der Waals surface area contributed by atoms with Crippen molar-refractivity contribution >= 4 is 0 Å². The zero-order chi connectivity index (χ0) is 36.1. The summed E-state index contributed by atoms with van der Waals surface area (Å²) in [4.78, 5) is 9.78. The van der Waals surface area contributed by atoms with Crippen molar-refractivity contribution in [2.24, 2.45) is 178 Å². The maximum Gasteiger partial charge on any atom is 0.164 e. The number of nitrogens with zero attached hydrogens (tertiary/aromatic N) is 40. The quantitative estimate of drug-likeness (QED) is 0.0943. The Hall–Kier alpha value is -9.32. The summed E-state index contributed by atoms with van der Waals surface area (Å²) >= 11 is 0. The van der Waals surface area contributed by atoms with Gasteiger partial charge in [0.25, 0.3) is 0 Å². The second kappa shape index (κ2) is 28.2. The minimum atomic E-state index is -0.107. The number of hydrogen-bond acceptors (Lipinski definition) is 10. The highest BCUT2D eigenvalue weighted by atomic mass is 16.6. The molecule has 0 atom stereocenters. The van der Waals surface area contributed by atoms with Crippen LogP contribution < -0.4 is 0 Å². The lowest BCUT2D eigenvalue weighted by Crippen LogP contribution is -2.09. The molecule has 2 aromatic heterocycles. The van der Waals surface area contributed by atoms with Gasteiger partial charge < -0.3 is 9.68 Å². The predicted octanol–water partition coefficient (Wildman–Crippen LogP) is 6.18. The number of nitrogens with one attached hydrogen (secondary N) is 2. The Morgan fingerprint density at radius 3 is 0.922 bits per heavy atom. The minimum Gasteiger partial charge on any atom is -0.371 e. The number of aromatic nitrogens is 6. The predicted molar refractivity (Wildman–Crippen MR) is 133 cm³/mol.